The lowest BCUT2D eigenvalue weighted by Gasteiger charge is -2.07. The molecule has 0 spiro atoms. The molecular weight excluding hydrogens is 303 g/mol. The number of hydrogen-bond acceptors (Lipinski definition) is 2. The molecule has 0 radical (unpaired) electrons. The molecule has 2 heterocycles. The molecule has 0 unspecified atom stereocenters. The molecule has 108 valence electrons. The number of fused-ring (bicyclic) bond motifs is 1. The van der Waals surface area contributed by atoms with Crippen LogP contribution in [-0.4, -0.2) is 4.98 Å². The van der Waals surface area contributed by atoms with Crippen LogP contribution in [0.1, 0.15) is 16.9 Å². The minimum Gasteiger partial charge on any atom is -0.457 e. The number of pyridine rings is 1. The van der Waals surface area contributed by atoms with Crippen LogP contribution in [-0.2, 0) is 12.6 Å². The minimum atomic E-state index is -4.35. The van der Waals surface area contributed by atoms with Gasteiger partial charge in [-0.05, 0) is 23.8 Å². The van der Waals surface area contributed by atoms with Crippen molar-refractivity contribution >= 4 is 22.6 Å². The SMILES string of the molecule is FC(F)(F)c1cccc(Cc2cc3ccnc(Cl)c3o2)c1. The molecule has 6 heteroatoms. The van der Waals surface area contributed by atoms with Crippen molar-refractivity contribution in [2.24, 2.45) is 0 Å². The molecule has 0 N–H and O–H groups in total. The zero-order chi connectivity index (χ0) is 15.0. The Morgan fingerprint density at radius 1 is 1.14 bits per heavy atom. The van der Waals surface area contributed by atoms with Gasteiger partial charge in [-0.15, -0.1) is 0 Å². The van der Waals surface area contributed by atoms with E-state index in [-0.39, 0.29) is 11.6 Å². The molecule has 0 amide bonds. The predicted octanol–water partition coefficient (Wildman–Crippen LogP) is 5.09. The van der Waals surface area contributed by atoms with Gasteiger partial charge in [-0.2, -0.15) is 13.2 Å². The number of rotatable bonds is 2. The average molecular weight is 312 g/mol. The Hall–Kier alpha value is -2.01. The van der Waals surface area contributed by atoms with Gasteiger partial charge in [0.2, 0.25) is 0 Å². The second kappa shape index (κ2) is 5.07. The first-order valence-corrected chi connectivity index (χ1v) is 6.50. The lowest BCUT2D eigenvalue weighted by atomic mass is 10.1. The van der Waals surface area contributed by atoms with Crippen LogP contribution in [0, 0.1) is 0 Å². The molecule has 0 atom stereocenters. The van der Waals surface area contributed by atoms with Gasteiger partial charge >= 0.3 is 6.18 Å². The van der Waals surface area contributed by atoms with Crippen LogP contribution in [0.3, 0.4) is 0 Å². The van der Waals surface area contributed by atoms with Gasteiger partial charge in [0.1, 0.15) is 5.76 Å². The van der Waals surface area contributed by atoms with Crippen LogP contribution < -0.4 is 0 Å². The van der Waals surface area contributed by atoms with Crippen LogP contribution in [0.15, 0.2) is 47.0 Å². The first-order valence-electron chi connectivity index (χ1n) is 6.12. The van der Waals surface area contributed by atoms with E-state index in [1.807, 2.05) is 0 Å². The number of alkyl halides is 3. The molecule has 0 aliphatic rings. The Morgan fingerprint density at radius 3 is 2.67 bits per heavy atom. The fourth-order valence-corrected chi connectivity index (χ4v) is 2.34. The summed E-state index contributed by atoms with van der Waals surface area (Å²) in [6.45, 7) is 0. The fraction of sp³-hybridized carbons (Fsp3) is 0.133. The van der Waals surface area contributed by atoms with Crippen molar-refractivity contribution in [1.82, 2.24) is 4.98 Å². The first kappa shape index (κ1) is 13.9. The Labute approximate surface area is 123 Å². The van der Waals surface area contributed by atoms with Crippen LogP contribution in [0.4, 0.5) is 13.2 Å². The van der Waals surface area contributed by atoms with Crippen LogP contribution >= 0.6 is 11.6 Å². The number of hydrogen-bond donors (Lipinski definition) is 0. The van der Waals surface area contributed by atoms with Crippen molar-refractivity contribution in [2.45, 2.75) is 12.6 Å². The summed E-state index contributed by atoms with van der Waals surface area (Å²) in [4.78, 5) is 3.90. The molecule has 2 aromatic heterocycles. The zero-order valence-electron chi connectivity index (χ0n) is 10.6. The Bertz CT molecular complexity index is 795. The van der Waals surface area contributed by atoms with Gasteiger partial charge in [0, 0.05) is 18.0 Å². The Balaban J connectivity index is 1.93. The molecule has 3 aromatic rings. The number of halogens is 4. The van der Waals surface area contributed by atoms with Gasteiger partial charge in [0.25, 0.3) is 0 Å². The number of aromatic nitrogens is 1. The maximum atomic E-state index is 12.7. The van der Waals surface area contributed by atoms with E-state index >= 15 is 0 Å². The highest BCUT2D eigenvalue weighted by atomic mass is 35.5. The van der Waals surface area contributed by atoms with Crippen molar-refractivity contribution < 1.29 is 17.6 Å². The Morgan fingerprint density at radius 2 is 1.95 bits per heavy atom. The summed E-state index contributed by atoms with van der Waals surface area (Å²) in [5, 5.41) is 1.01. The van der Waals surface area contributed by atoms with Crippen molar-refractivity contribution in [3.05, 3.63) is 64.6 Å². The van der Waals surface area contributed by atoms with Gasteiger partial charge in [-0.3, -0.25) is 0 Å². The van der Waals surface area contributed by atoms with E-state index in [4.69, 9.17) is 16.0 Å². The third kappa shape index (κ3) is 2.88. The number of benzene rings is 1. The summed E-state index contributed by atoms with van der Waals surface area (Å²) < 4.78 is 43.6. The van der Waals surface area contributed by atoms with E-state index in [0.29, 0.717) is 16.9 Å². The van der Waals surface area contributed by atoms with Gasteiger partial charge in [0.05, 0.1) is 5.56 Å². The molecule has 0 fully saturated rings. The summed E-state index contributed by atoms with van der Waals surface area (Å²) in [6, 6.07) is 8.66. The van der Waals surface area contributed by atoms with Gasteiger partial charge in [0.15, 0.2) is 10.7 Å². The second-order valence-corrected chi connectivity index (χ2v) is 4.97. The quantitative estimate of drug-likeness (QED) is 0.616. The number of nitrogens with zero attached hydrogens (tertiary/aromatic N) is 1. The van der Waals surface area contributed by atoms with Crippen molar-refractivity contribution in [3.63, 3.8) is 0 Å². The first-order chi connectivity index (χ1) is 9.93. The Kier molecular flexibility index (Phi) is 3.37. The summed E-state index contributed by atoms with van der Waals surface area (Å²) in [5.74, 6) is 0.541. The van der Waals surface area contributed by atoms with E-state index in [1.54, 1.807) is 24.4 Å². The maximum Gasteiger partial charge on any atom is 0.416 e. The molecule has 0 bridgehead atoms. The molecule has 1 aromatic carbocycles. The van der Waals surface area contributed by atoms with Crippen molar-refractivity contribution in [2.75, 3.05) is 0 Å². The second-order valence-electron chi connectivity index (χ2n) is 4.61. The highest BCUT2D eigenvalue weighted by Gasteiger charge is 2.30. The normalized spacial score (nSPS) is 12.0. The maximum absolute atomic E-state index is 12.7. The smallest absolute Gasteiger partial charge is 0.416 e. The van der Waals surface area contributed by atoms with Gasteiger partial charge in [-0.25, -0.2) is 4.98 Å². The van der Waals surface area contributed by atoms with Crippen molar-refractivity contribution in [3.8, 4) is 0 Å². The average Bonchev–Trinajstić information content (AvgIpc) is 2.82. The third-order valence-corrected chi connectivity index (χ3v) is 3.34. The lowest BCUT2D eigenvalue weighted by Crippen LogP contribution is -2.05. The third-order valence-electron chi connectivity index (χ3n) is 3.07. The molecule has 2 nitrogen and oxygen atoms in total. The zero-order valence-corrected chi connectivity index (χ0v) is 11.4. The monoisotopic (exact) mass is 311 g/mol. The largest absolute Gasteiger partial charge is 0.457 e. The molecule has 21 heavy (non-hydrogen) atoms. The molecular formula is C15H9ClF3NO. The summed E-state index contributed by atoms with van der Waals surface area (Å²) in [7, 11) is 0. The number of furan rings is 1. The summed E-state index contributed by atoms with van der Waals surface area (Å²) >= 11 is 5.90. The fourth-order valence-electron chi connectivity index (χ4n) is 2.13. The summed E-state index contributed by atoms with van der Waals surface area (Å²) in [6.07, 6.45) is -2.54. The van der Waals surface area contributed by atoms with Gasteiger partial charge in [-0.1, -0.05) is 29.8 Å². The van der Waals surface area contributed by atoms with Crippen LogP contribution in [0.25, 0.3) is 11.0 Å². The van der Waals surface area contributed by atoms with Gasteiger partial charge < -0.3 is 4.42 Å². The van der Waals surface area contributed by atoms with Crippen LogP contribution in [0.5, 0.6) is 0 Å². The molecule has 0 aliphatic carbocycles. The van der Waals surface area contributed by atoms with E-state index in [1.165, 1.54) is 6.07 Å². The van der Waals surface area contributed by atoms with Crippen molar-refractivity contribution in [1.29, 1.82) is 0 Å². The predicted molar refractivity (Wildman–Crippen MR) is 73.3 cm³/mol. The standard InChI is InChI=1S/C15H9ClF3NO/c16-14-13-10(4-5-20-14)8-12(21-13)7-9-2-1-3-11(6-9)15(17,18)19/h1-6,8H,7H2. The molecule has 3 rings (SSSR count). The molecule has 0 saturated carbocycles. The molecule has 0 saturated heterocycles. The highest BCUT2D eigenvalue weighted by Crippen LogP contribution is 2.31. The van der Waals surface area contributed by atoms with E-state index in [0.717, 1.165) is 17.5 Å². The highest BCUT2D eigenvalue weighted by molar-refractivity contribution is 6.33. The summed E-state index contributed by atoms with van der Waals surface area (Å²) in [5.41, 5.74) is 0.296. The lowest BCUT2D eigenvalue weighted by molar-refractivity contribution is -0.137. The van der Waals surface area contributed by atoms with E-state index in [9.17, 15) is 13.2 Å². The minimum absolute atomic E-state index is 0.239. The van der Waals surface area contributed by atoms with E-state index < -0.39 is 11.7 Å². The topological polar surface area (TPSA) is 26.0 Å². The van der Waals surface area contributed by atoms with Crippen LogP contribution in [0.2, 0.25) is 5.15 Å². The van der Waals surface area contributed by atoms with E-state index in [2.05, 4.69) is 4.98 Å². The molecule has 0 aliphatic heterocycles.